The van der Waals surface area contributed by atoms with Gasteiger partial charge < -0.3 is 5.32 Å². The number of piperidine rings is 1. The van der Waals surface area contributed by atoms with Gasteiger partial charge in [0.05, 0.1) is 5.56 Å². The number of pyridine rings is 1. The number of hydrogen-bond donors (Lipinski definition) is 1. The maximum Gasteiger partial charge on any atom is 0.143 e. The molecule has 4 heteroatoms. The summed E-state index contributed by atoms with van der Waals surface area (Å²) in [5, 5.41) is 12.3. The zero-order valence-electron chi connectivity index (χ0n) is 11.8. The molecule has 1 saturated heterocycles. The minimum absolute atomic E-state index is 0.469. The summed E-state index contributed by atoms with van der Waals surface area (Å²) in [6.45, 7) is 7.74. The van der Waals surface area contributed by atoms with Crippen LogP contribution in [0.4, 0.5) is 5.82 Å². The van der Waals surface area contributed by atoms with Gasteiger partial charge in [0.15, 0.2) is 0 Å². The number of nitrogens with zero attached hydrogens (tertiary/aromatic N) is 3. The summed E-state index contributed by atoms with van der Waals surface area (Å²) in [4.78, 5) is 6.75. The van der Waals surface area contributed by atoms with Crippen LogP contribution in [-0.2, 0) is 0 Å². The third-order valence-electron chi connectivity index (χ3n) is 3.80. The van der Waals surface area contributed by atoms with Gasteiger partial charge >= 0.3 is 0 Å². The van der Waals surface area contributed by atoms with Crippen molar-refractivity contribution >= 4 is 5.82 Å². The lowest BCUT2D eigenvalue weighted by Crippen LogP contribution is -2.43. The molecule has 0 saturated carbocycles. The molecule has 0 bridgehead atoms. The normalized spacial score (nSPS) is 21.6. The molecular weight excluding hydrogens is 236 g/mol. The van der Waals surface area contributed by atoms with Crippen molar-refractivity contribution in [2.75, 3.05) is 25.0 Å². The molecule has 1 aliphatic heterocycles. The second-order valence-corrected chi connectivity index (χ2v) is 5.48. The van der Waals surface area contributed by atoms with Gasteiger partial charge in [0.1, 0.15) is 11.9 Å². The molecule has 0 aromatic carbocycles. The Kier molecular flexibility index (Phi) is 4.75. The van der Waals surface area contributed by atoms with E-state index in [1.807, 2.05) is 0 Å². The zero-order valence-corrected chi connectivity index (χ0v) is 11.8. The number of anilines is 1. The third-order valence-corrected chi connectivity index (χ3v) is 3.80. The lowest BCUT2D eigenvalue weighted by Gasteiger charge is -2.35. The van der Waals surface area contributed by atoms with Gasteiger partial charge in [0.2, 0.25) is 0 Å². The molecule has 1 aliphatic rings. The molecule has 2 heterocycles. The summed E-state index contributed by atoms with van der Waals surface area (Å²) < 4.78 is 0. The maximum absolute atomic E-state index is 9.03. The van der Waals surface area contributed by atoms with Crippen LogP contribution in [0.2, 0.25) is 0 Å². The Bertz CT molecular complexity index is 452. The van der Waals surface area contributed by atoms with Crippen LogP contribution in [0, 0.1) is 17.2 Å². The fourth-order valence-corrected chi connectivity index (χ4v) is 2.64. The Morgan fingerprint density at radius 1 is 1.63 bits per heavy atom. The van der Waals surface area contributed by atoms with Gasteiger partial charge in [-0.05, 0) is 44.4 Å². The van der Waals surface area contributed by atoms with E-state index in [1.165, 1.54) is 25.9 Å². The molecule has 2 unspecified atom stereocenters. The first-order valence-electron chi connectivity index (χ1n) is 7.03. The van der Waals surface area contributed by atoms with E-state index in [0.29, 0.717) is 17.4 Å². The van der Waals surface area contributed by atoms with Gasteiger partial charge in [-0.3, -0.25) is 4.90 Å². The molecular formula is C15H22N4. The summed E-state index contributed by atoms with van der Waals surface area (Å²) >= 11 is 0. The van der Waals surface area contributed by atoms with Gasteiger partial charge in [-0.25, -0.2) is 4.98 Å². The molecule has 1 aromatic heterocycles. The molecule has 1 N–H and O–H groups in total. The van der Waals surface area contributed by atoms with E-state index in [1.54, 1.807) is 18.3 Å². The lowest BCUT2D eigenvalue weighted by atomic mass is 9.99. The van der Waals surface area contributed by atoms with Crippen molar-refractivity contribution in [3.05, 3.63) is 23.9 Å². The van der Waals surface area contributed by atoms with E-state index in [4.69, 9.17) is 5.26 Å². The quantitative estimate of drug-likeness (QED) is 0.901. The number of aromatic nitrogens is 1. The van der Waals surface area contributed by atoms with Crippen LogP contribution in [0.3, 0.4) is 0 Å². The first kappa shape index (κ1) is 13.8. The number of nitriles is 1. The Labute approximate surface area is 115 Å². The minimum atomic E-state index is 0.469. The highest BCUT2D eigenvalue weighted by atomic mass is 15.2. The second kappa shape index (κ2) is 6.53. The zero-order chi connectivity index (χ0) is 13.7. The Morgan fingerprint density at radius 2 is 2.47 bits per heavy atom. The van der Waals surface area contributed by atoms with Crippen LogP contribution in [0.15, 0.2) is 18.3 Å². The monoisotopic (exact) mass is 258 g/mol. The highest BCUT2D eigenvalue weighted by molar-refractivity contribution is 5.51. The Hall–Kier alpha value is -1.60. The summed E-state index contributed by atoms with van der Waals surface area (Å²) in [6.07, 6.45) is 4.35. The molecule has 1 fully saturated rings. The van der Waals surface area contributed by atoms with Crippen molar-refractivity contribution in [3.63, 3.8) is 0 Å². The first-order valence-corrected chi connectivity index (χ1v) is 7.03. The number of hydrogen-bond acceptors (Lipinski definition) is 4. The number of rotatable bonds is 4. The Morgan fingerprint density at radius 3 is 3.21 bits per heavy atom. The van der Waals surface area contributed by atoms with E-state index >= 15 is 0 Å². The molecule has 0 aliphatic carbocycles. The molecule has 4 nitrogen and oxygen atoms in total. The fourth-order valence-electron chi connectivity index (χ4n) is 2.64. The summed E-state index contributed by atoms with van der Waals surface area (Å²) in [5.41, 5.74) is 0.613. The SMILES string of the molecule is CC1CCCN(C(C)CNc2ncccc2C#N)C1. The molecule has 0 spiro atoms. The highest BCUT2D eigenvalue weighted by Crippen LogP contribution is 2.18. The van der Waals surface area contributed by atoms with E-state index in [0.717, 1.165) is 12.5 Å². The van der Waals surface area contributed by atoms with Crippen LogP contribution in [-0.4, -0.2) is 35.6 Å². The highest BCUT2D eigenvalue weighted by Gasteiger charge is 2.20. The van der Waals surface area contributed by atoms with Crippen molar-refractivity contribution in [1.29, 1.82) is 5.26 Å². The predicted octanol–water partition coefficient (Wildman–Crippen LogP) is 2.49. The first-order chi connectivity index (χ1) is 9.20. The van der Waals surface area contributed by atoms with Crippen LogP contribution in [0.25, 0.3) is 0 Å². The van der Waals surface area contributed by atoms with Crippen LogP contribution in [0.1, 0.15) is 32.3 Å². The largest absolute Gasteiger partial charge is 0.367 e. The lowest BCUT2D eigenvalue weighted by molar-refractivity contribution is 0.144. The summed E-state index contributed by atoms with van der Waals surface area (Å²) in [7, 11) is 0. The molecule has 1 aromatic rings. The molecule has 0 amide bonds. The van der Waals surface area contributed by atoms with Crippen LogP contribution in [0.5, 0.6) is 0 Å². The molecule has 2 atom stereocenters. The van der Waals surface area contributed by atoms with Gasteiger partial charge in [-0.2, -0.15) is 5.26 Å². The minimum Gasteiger partial charge on any atom is -0.367 e. The van der Waals surface area contributed by atoms with Crippen molar-refractivity contribution < 1.29 is 0 Å². The number of nitrogens with one attached hydrogen (secondary N) is 1. The second-order valence-electron chi connectivity index (χ2n) is 5.48. The Balaban J connectivity index is 1.89. The molecule has 102 valence electrons. The van der Waals surface area contributed by atoms with Gasteiger partial charge in [0.25, 0.3) is 0 Å². The van der Waals surface area contributed by atoms with Gasteiger partial charge in [0, 0.05) is 25.3 Å². The van der Waals surface area contributed by atoms with E-state index < -0.39 is 0 Å². The van der Waals surface area contributed by atoms with Crippen LogP contribution >= 0.6 is 0 Å². The summed E-state index contributed by atoms with van der Waals surface area (Å²) in [6, 6.07) is 6.22. The van der Waals surface area contributed by atoms with Gasteiger partial charge in [-0.1, -0.05) is 6.92 Å². The maximum atomic E-state index is 9.03. The third kappa shape index (κ3) is 3.68. The summed E-state index contributed by atoms with van der Waals surface area (Å²) in [5.74, 6) is 1.49. The van der Waals surface area contributed by atoms with E-state index in [2.05, 4.69) is 35.1 Å². The number of likely N-dealkylation sites (tertiary alicyclic amines) is 1. The smallest absolute Gasteiger partial charge is 0.143 e. The molecule has 19 heavy (non-hydrogen) atoms. The van der Waals surface area contributed by atoms with Crippen molar-refractivity contribution in [2.24, 2.45) is 5.92 Å². The van der Waals surface area contributed by atoms with Crippen LogP contribution < -0.4 is 5.32 Å². The van der Waals surface area contributed by atoms with E-state index in [9.17, 15) is 0 Å². The van der Waals surface area contributed by atoms with Gasteiger partial charge in [-0.15, -0.1) is 0 Å². The predicted molar refractivity (Wildman–Crippen MR) is 76.9 cm³/mol. The standard InChI is InChI=1S/C15H22N4/c1-12-5-4-8-19(11-12)13(2)10-18-15-14(9-16)6-3-7-17-15/h3,6-7,12-13H,4-5,8,10-11H2,1-2H3,(H,17,18). The fraction of sp³-hybridized carbons (Fsp3) is 0.600. The average Bonchev–Trinajstić information content (AvgIpc) is 2.45. The van der Waals surface area contributed by atoms with E-state index in [-0.39, 0.29) is 0 Å². The van der Waals surface area contributed by atoms with Crippen molar-refractivity contribution in [3.8, 4) is 6.07 Å². The molecule has 2 rings (SSSR count). The topological polar surface area (TPSA) is 52.0 Å². The van der Waals surface area contributed by atoms with Crippen molar-refractivity contribution in [2.45, 2.75) is 32.7 Å². The molecule has 0 radical (unpaired) electrons. The average molecular weight is 258 g/mol. The van der Waals surface area contributed by atoms with Crippen molar-refractivity contribution in [1.82, 2.24) is 9.88 Å².